The molecule has 0 saturated carbocycles. The Bertz CT molecular complexity index is 427. The van der Waals surface area contributed by atoms with E-state index >= 15 is 0 Å². The van der Waals surface area contributed by atoms with Gasteiger partial charge in [0.05, 0.1) is 0 Å². The number of rotatable bonds is 3. The summed E-state index contributed by atoms with van der Waals surface area (Å²) in [7, 11) is 2.25. The lowest BCUT2D eigenvalue weighted by atomic mass is 10.0. The highest BCUT2D eigenvalue weighted by Crippen LogP contribution is 2.18. The number of hydrogen-bond donors (Lipinski definition) is 0. The first-order valence-electron chi connectivity index (χ1n) is 9.41. The lowest BCUT2D eigenvalue weighted by Gasteiger charge is -2.42. The zero-order valence-corrected chi connectivity index (χ0v) is 15.6. The highest BCUT2D eigenvalue weighted by molar-refractivity contribution is 5.21. The molecule has 2 aliphatic heterocycles. The van der Waals surface area contributed by atoms with Gasteiger partial charge in [-0.1, -0.05) is 43.7 Å². The van der Waals surface area contributed by atoms with Crippen molar-refractivity contribution in [2.45, 2.75) is 46.2 Å². The summed E-state index contributed by atoms with van der Waals surface area (Å²) in [4.78, 5) is 7.80. The molecule has 23 heavy (non-hydrogen) atoms. The second kappa shape index (κ2) is 9.41. The van der Waals surface area contributed by atoms with Gasteiger partial charge in [0.1, 0.15) is 0 Å². The first-order chi connectivity index (χ1) is 11.2. The summed E-state index contributed by atoms with van der Waals surface area (Å²) in [6.07, 6.45) is 2.71. The normalized spacial score (nSPS) is 21.7. The number of nitrogens with zero attached hydrogens (tertiary/aromatic N) is 3. The van der Waals surface area contributed by atoms with Gasteiger partial charge in [0.2, 0.25) is 0 Å². The largest absolute Gasteiger partial charge is 0.306 e. The molecule has 2 aliphatic rings. The average Bonchev–Trinajstić information content (AvgIpc) is 2.60. The predicted octanol–water partition coefficient (Wildman–Crippen LogP) is 3.23. The zero-order valence-electron chi connectivity index (χ0n) is 15.6. The molecule has 1 aromatic rings. The van der Waals surface area contributed by atoms with Crippen LogP contribution in [0.15, 0.2) is 24.3 Å². The van der Waals surface area contributed by atoms with Crippen LogP contribution >= 0.6 is 0 Å². The van der Waals surface area contributed by atoms with Crippen LogP contribution in [0.4, 0.5) is 0 Å². The Balaban J connectivity index is 0.000000924. The number of benzene rings is 1. The molecule has 0 unspecified atom stereocenters. The van der Waals surface area contributed by atoms with Gasteiger partial charge < -0.3 is 4.90 Å². The third-order valence-electron chi connectivity index (χ3n) is 5.14. The van der Waals surface area contributed by atoms with Gasteiger partial charge >= 0.3 is 0 Å². The Kier molecular flexibility index (Phi) is 7.54. The molecule has 0 atom stereocenters. The lowest BCUT2D eigenvalue weighted by Crippen LogP contribution is -2.52. The Morgan fingerprint density at radius 1 is 0.870 bits per heavy atom. The quantitative estimate of drug-likeness (QED) is 0.847. The Morgan fingerprint density at radius 3 is 2.00 bits per heavy atom. The maximum absolute atomic E-state index is 2.73. The Morgan fingerprint density at radius 2 is 1.43 bits per heavy atom. The molecule has 0 bridgehead atoms. The van der Waals surface area contributed by atoms with Crippen LogP contribution in [0.3, 0.4) is 0 Å². The van der Waals surface area contributed by atoms with Crippen molar-refractivity contribution in [1.29, 1.82) is 0 Å². The maximum Gasteiger partial charge on any atom is 0.0234 e. The van der Waals surface area contributed by atoms with Crippen molar-refractivity contribution in [3.05, 3.63) is 35.4 Å². The van der Waals surface area contributed by atoms with Gasteiger partial charge in [0.25, 0.3) is 0 Å². The van der Waals surface area contributed by atoms with Crippen molar-refractivity contribution in [2.24, 2.45) is 0 Å². The SMILES string of the molecule is CC.Cc1ccc(CN2CCN(C3CCN(C)CC3)CC2)cc1. The van der Waals surface area contributed by atoms with Crippen LogP contribution in [0.25, 0.3) is 0 Å². The highest BCUT2D eigenvalue weighted by Gasteiger charge is 2.26. The van der Waals surface area contributed by atoms with Crippen LogP contribution in [0.1, 0.15) is 37.8 Å². The van der Waals surface area contributed by atoms with Gasteiger partial charge in [-0.3, -0.25) is 9.80 Å². The molecule has 3 nitrogen and oxygen atoms in total. The van der Waals surface area contributed by atoms with E-state index in [-0.39, 0.29) is 0 Å². The predicted molar refractivity (Wildman–Crippen MR) is 99.9 cm³/mol. The van der Waals surface area contributed by atoms with E-state index in [1.807, 2.05) is 13.8 Å². The smallest absolute Gasteiger partial charge is 0.0234 e. The van der Waals surface area contributed by atoms with Gasteiger partial charge in [-0.25, -0.2) is 0 Å². The van der Waals surface area contributed by atoms with E-state index in [1.54, 1.807) is 0 Å². The van der Waals surface area contributed by atoms with Crippen LogP contribution < -0.4 is 0 Å². The summed E-state index contributed by atoms with van der Waals surface area (Å²) in [5.41, 5.74) is 2.80. The maximum atomic E-state index is 2.73. The fourth-order valence-electron chi connectivity index (χ4n) is 3.60. The number of likely N-dealkylation sites (tertiary alicyclic amines) is 1. The van der Waals surface area contributed by atoms with Crippen molar-refractivity contribution < 1.29 is 0 Å². The van der Waals surface area contributed by atoms with Gasteiger partial charge in [0.15, 0.2) is 0 Å². The summed E-state index contributed by atoms with van der Waals surface area (Å²) in [6.45, 7) is 14.8. The van der Waals surface area contributed by atoms with Crippen LogP contribution in [-0.4, -0.2) is 67.1 Å². The minimum absolute atomic E-state index is 0.836. The summed E-state index contributed by atoms with van der Waals surface area (Å²) in [5, 5.41) is 0. The molecule has 130 valence electrons. The number of piperidine rings is 1. The molecule has 2 heterocycles. The summed E-state index contributed by atoms with van der Waals surface area (Å²) in [5.74, 6) is 0. The second-order valence-corrected chi connectivity index (χ2v) is 6.83. The molecule has 2 fully saturated rings. The minimum atomic E-state index is 0.836. The number of hydrogen-bond acceptors (Lipinski definition) is 3. The van der Waals surface area contributed by atoms with Crippen LogP contribution in [-0.2, 0) is 6.54 Å². The van der Waals surface area contributed by atoms with E-state index in [0.29, 0.717) is 0 Å². The van der Waals surface area contributed by atoms with Gasteiger partial charge in [0, 0.05) is 38.8 Å². The number of aryl methyl sites for hydroxylation is 1. The van der Waals surface area contributed by atoms with E-state index < -0.39 is 0 Å². The highest BCUT2D eigenvalue weighted by atomic mass is 15.3. The molecule has 0 radical (unpaired) electrons. The number of piperazine rings is 1. The van der Waals surface area contributed by atoms with Crippen molar-refractivity contribution in [2.75, 3.05) is 46.3 Å². The van der Waals surface area contributed by atoms with Crippen molar-refractivity contribution in [3.63, 3.8) is 0 Å². The molecule has 0 N–H and O–H groups in total. The fourth-order valence-corrected chi connectivity index (χ4v) is 3.60. The monoisotopic (exact) mass is 317 g/mol. The van der Waals surface area contributed by atoms with Crippen LogP contribution in [0.2, 0.25) is 0 Å². The molecule has 3 rings (SSSR count). The van der Waals surface area contributed by atoms with Crippen molar-refractivity contribution in [3.8, 4) is 0 Å². The first kappa shape index (κ1) is 18.4. The third-order valence-corrected chi connectivity index (χ3v) is 5.14. The van der Waals surface area contributed by atoms with Crippen LogP contribution in [0, 0.1) is 6.92 Å². The molecule has 2 saturated heterocycles. The molecule has 3 heteroatoms. The molecular weight excluding hydrogens is 282 g/mol. The van der Waals surface area contributed by atoms with Crippen LogP contribution in [0.5, 0.6) is 0 Å². The van der Waals surface area contributed by atoms with Crippen molar-refractivity contribution in [1.82, 2.24) is 14.7 Å². The topological polar surface area (TPSA) is 9.72 Å². The molecule has 0 amide bonds. The fraction of sp³-hybridized carbons (Fsp3) is 0.700. The molecule has 0 aliphatic carbocycles. The molecule has 0 spiro atoms. The Hall–Kier alpha value is -0.900. The lowest BCUT2D eigenvalue weighted by molar-refractivity contribution is 0.0618. The van der Waals surface area contributed by atoms with E-state index in [1.165, 1.54) is 63.2 Å². The summed E-state index contributed by atoms with van der Waals surface area (Å²) >= 11 is 0. The van der Waals surface area contributed by atoms with Gasteiger partial charge in [-0.15, -0.1) is 0 Å². The summed E-state index contributed by atoms with van der Waals surface area (Å²) in [6, 6.07) is 9.84. The summed E-state index contributed by atoms with van der Waals surface area (Å²) < 4.78 is 0. The van der Waals surface area contributed by atoms with E-state index in [2.05, 4.69) is 52.9 Å². The third kappa shape index (κ3) is 5.59. The molecule has 1 aromatic carbocycles. The van der Waals surface area contributed by atoms with E-state index in [9.17, 15) is 0 Å². The zero-order chi connectivity index (χ0) is 16.7. The Labute approximate surface area is 143 Å². The first-order valence-corrected chi connectivity index (χ1v) is 9.41. The molecular formula is C20H35N3. The second-order valence-electron chi connectivity index (χ2n) is 6.83. The molecule has 0 aromatic heterocycles. The van der Waals surface area contributed by atoms with E-state index in [4.69, 9.17) is 0 Å². The van der Waals surface area contributed by atoms with Gasteiger partial charge in [-0.05, 0) is 45.5 Å². The minimum Gasteiger partial charge on any atom is -0.306 e. The van der Waals surface area contributed by atoms with E-state index in [0.717, 1.165) is 12.6 Å². The average molecular weight is 318 g/mol. The van der Waals surface area contributed by atoms with Gasteiger partial charge in [-0.2, -0.15) is 0 Å². The van der Waals surface area contributed by atoms with Crippen molar-refractivity contribution >= 4 is 0 Å². The standard InChI is InChI=1S/C18H29N3.C2H6/c1-16-3-5-17(6-4-16)15-20-11-13-21(14-12-20)18-7-9-19(2)10-8-18;1-2/h3-6,18H,7-15H2,1-2H3;1-2H3.